The van der Waals surface area contributed by atoms with Crippen molar-refractivity contribution in [1.82, 2.24) is 24.3 Å². The molecule has 5 aromatic rings. The molecular formula is C33H32N6O2. The molecule has 41 heavy (non-hydrogen) atoms. The van der Waals surface area contributed by atoms with Gasteiger partial charge in [-0.15, -0.1) is 0 Å². The van der Waals surface area contributed by atoms with Crippen LogP contribution in [0.5, 0.6) is 0 Å². The van der Waals surface area contributed by atoms with Crippen molar-refractivity contribution >= 4 is 11.6 Å². The average Bonchev–Trinajstić information content (AvgIpc) is 3.34. The Kier molecular flexibility index (Phi) is 7.05. The third kappa shape index (κ3) is 5.20. The zero-order valence-corrected chi connectivity index (χ0v) is 23.4. The highest BCUT2D eigenvalue weighted by Crippen LogP contribution is 2.34. The Morgan fingerprint density at radius 3 is 2.54 bits per heavy atom. The van der Waals surface area contributed by atoms with Gasteiger partial charge >= 0.3 is 0 Å². The van der Waals surface area contributed by atoms with Gasteiger partial charge in [0.25, 0.3) is 5.56 Å². The second-order valence-corrected chi connectivity index (χ2v) is 10.8. The van der Waals surface area contributed by atoms with Crippen LogP contribution in [0.3, 0.4) is 0 Å². The summed E-state index contributed by atoms with van der Waals surface area (Å²) in [6.45, 7) is 3.97. The first-order valence-electron chi connectivity index (χ1n) is 13.9. The molecule has 0 spiro atoms. The summed E-state index contributed by atoms with van der Waals surface area (Å²) in [5.41, 5.74) is 7.69. The zero-order valence-electron chi connectivity index (χ0n) is 23.4. The van der Waals surface area contributed by atoms with Crippen LogP contribution < -0.4 is 10.9 Å². The standard InChI is InChI=1S/C33H32N6O2/c1-21-12-13-25(23-9-5-4-6-10-23)26(16-21)27-18-31(40)39(20-35-27)30-11-7-8-22(2)33(41)37-29-19-36-38(3)32(29)24-14-15-34-28(30)17-24/h4-6,9-10,12-20,22,30H,7-8,11H2,1-3H3,(H,37,41)/t22-,30+/m1/s1. The number of aromatic nitrogens is 5. The van der Waals surface area contributed by atoms with Gasteiger partial charge in [-0.05, 0) is 49.1 Å². The van der Waals surface area contributed by atoms with Crippen molar-refractivity contribution in [2.24, 2.45) is 13.0 Å². The number of nitrogens with one attached hydrogen (secondary N) is 1. The molecule has 3 aromatic heterocycles. The van der Waals surface area contributed by atoms with Crippen LogP contribution in [0.25, 0.3) is 33.6 Å². The summed E-state index contributed by atoms with van der Waals surface area (Å²) in [5.74, 6) is -0.231. The normalized spacial score (nSPS) is 17.2. The number of hydrogen-bond donors (Lipinski definition) is 1. The molecule has 1 N–H and O–H groups in total. The zero-order chi connectivity index (χ0) is 28.5. The summed E-state index contributed by atoms with van der Waals surface area (Å²) < 4.78 is 3.42. The van der Waals surface area contributed by atoms with Crippen molar-refractivity contribution in [3.05, 3.63) is 107 Å². The molecule has 0 unspecified atom stereocenters. The number of carbonyl (C=O) groups excluding carboxylic acids is 1. The maximum atomic E-state index is 13.8. The number of carbonyl (C=O) groups is 1. The van der Waals surface area contributed by atoms with Crippen LogP contribution in [0, 0.1) is 12.8 Å². The molecule has 0 aliphatic carbocycles. The smallest absolute Gasteiger partial charge is 0.254 e. The number of nitrogens with zero attached hydrogens (tertiary/aromatic N) is 5. The molecule has 206 valence electrons. The highest BCUT2D eigenvalue weighted by Gasteiger charge is 2.24. The van der Waals surface area contributed by atoms with E-state index in [0.29, 0.717) is 24.2 Å². The van der Waals surface area contributed by atoms with Crippen LogP contribution in [-0.2, 0) is 11.8 Å². The molecule has 1 aliphatic rings. The van der Waals surface area contributed by atoms with E-state index in [1.807, 2.05) is 51.2 Å². The van der Waals surface area contributed by atoms with Gasteiger partial charge in [0.05, 0.1) is 41.3 Å². The second kappa shape index (κ2) is 11.0. The fourth-order valence-electron chi connectivity index (χ4n) is 5.61. The molecule has 6 rings (SSSR count). The molecule has 2 bridgehead atoms. The highest BCUT2D eigenvalue weighted by atomic mass is 16.2. The quantitative estimate of drug-likeness (QED) is 0.299. The lowest BCUT2D eigenvalue weighted by atomic mass is 9.95. The van der Waals surface area contributed by atoms with Crippen LogP contribution in [0.1, 0.15) is 43.5 Å². The number of rotatable bonds is 3. The van der Waals surface area contributed by atoms with Crippen molar-refractivity contribution < 1.29 is 4.79 Å². The van der Waals surface area contributed by atoms with Crippen LogP contribution in [0.15, 0.2) is 90.2 Å². The first-order valence-corrected chi connectivity index (χ1v) is 13.9. The third-order valence-corrected chi connectivity index (χ3v) is 7.86. The summed E-state index contributed by atoms with van der Waals surface area (Å²) in [4.78, 5) is 36.2. The Labute approximate surface area is 238 Å². The molecular weight excluding hydrogens is 512 g/mol. The lowest BCUT2D eigenvalue weighted by molar-refractivity contribution is -0.119. The Bertz CT molecular complexity index is 1790. The minimum atomic E-state index is -0.332. The lowest BCUT2D eigenvalue weighted by Crippen LogP contribution is -2.27. The van der Waals surface area contributed by atoms with E-state index in [9.17, 15) is 9.59 Å². The minimum Gasteiger partial charge on any atom is -0.323 e. The number of benzene rings is 2. The first-order chi connectivity index (χ1) is 19.9. The van der Waals surface area contributed by atoms with Gasteiger partial charge in [-0.2, -0.15) is 5.10 Å². The van der Waals surface area contributed by atoms with Crippen LogP contribution >= 0.6 is 0 Å². The number of anilines is 1. The molecule has 0 radical (unpaired) electrons. The predicted octanol–water partition coefficient (Wildman–Crippen LogP) is 6.03. The summed E-state index contributed by atoms with van der Waals surface area (Å²) in [6, 6.07) is 21.5. The monoisotopic (exact) mass is 544 g/mol. The summed E-state index contributed by atoms with van der Waals surface area (Å²) in [5, 5.41) is 7.43. The number of pyridine rings is 1. The molecule has 8 heteroatoms. The molecule has 4 heterocycles. The third-order valence-electron chi connectivity index (χ3n) is 7.86. The minimum absolute atomic E-state index is 0.0405. The predicted molar refractivity (Wildman–Crippen MR) is 160 cm³/mol. The second-order valence-electron chi connectivity index (χ2n) is 10.8. The van der Waals surface area contributed by atoms with Gasteiger partial charge in [-0.1, -0.05) is 61.4 Å². The summed E-state index contributed by atoms with van der Waals surface area (Å²) >= 11 is 0. The van der Waals surface area contributed by atoms with E-state index < -0.39 is 0 Å². The van der Waals surface area contributed by atoms with Gasteiger partial charge in [0, 0.05) is 36.4 Å². The van der Waals surface area contributed by atoms with E-state index in [-0.39, 0.29) is 23.4 Å². The van der Waals surface area contributed by atoms with E-state index in [1.54, 1.807) is 34.0 Å². The molecule has 1 aliphatic heterocycles. The van der Waals surface area contributed by atoms with Crippen molar-refractivity contribution in [3.63, 3.8) is 0 Å². The largest absolute Gasteiger partial charge is 0.323 e. The molecule has 2 aromatic carbocycles. The fourth-order valence-corrected chi connectivity index (χ4v) is 5.61. The van der Waals surface area contributed by atoms with Crippen LogP contribution in [-0.4, -0.2) is 30.2 Å². The maximum absolute atomic E-state index is 13.8. The molecule has 1 amide bonds. The number of fused-ring (bicyclic) bond motifs is 4. The van der Waals surface area contributed by atoms with Gasteiger partial charge in [-0.25, -0.2) is 4.98 Å². The average molecular weight is 545 g/mol. The Morgan fingerprint density at radius 1 is 0.902 bits per heavy atom. The van der Waals surface area contributed by atoms with Crippen LogP contribution in [0.4, 0.5) is 5.69 Å². The van der Waals surface area contributed by atoms with Gasteiger partial charge in [0.1, 0.15) is 0 Å². The number of amides is 1. The van der Waals surface area contributed by atoms with Gasteiger partial charge in [0.2, 0.25) is 5.91 Å². The molecule has 0 fully saturated rings. The van der Waals surface area contributed by atoms with E-state index >= 15 is 0 Å². The fraction of sp³-hybridized carbons (Fsp3) is 0.242. The number of hydrogen-bond acceptors (Lipinski definition) is 5. The summed E-state index contributed by atoms with van der Waals surface area (Å²) in [6.07, 6.45) is 7.14. The molecule has 0 saturated carbocycles. The lowest BCUT2D eigenvalue weighted by Gasteiger charge is -2.22. The van der Waals surface area contributed by atoms with E-state index in [1.165, 1.54) is 0 Å². The molecule has 0 saturated heterocycles. The summed E-state index contributed by atoms with van der Waals surface area (Å²) in [7, 11) is 1.85. The Hall–Kier alpha value is -4.85. The van der Waals surface area contributed by atoms with Gasteiger partial charge < -0.3 is 5.32 Å². The van der Waals surface area contributed by atoms with Gasteiger partial charge in [-0.3, -0.25) is 23.8 Å². The first kappa shape index (κ1) is 26.4. The van der Waals surface area contributed by atoms with Crippen molar-refractivity contribution in [2.45, 2.75) is 39.2 Å². The molecule has 8 nitrogen and oxygen atoms in total. The van der Waals surface area contributed by atoms with E-state index in [2.05, 4.69) is 40.7 Å². The topological polar surface area (TPSA) is 94.7 Å². The Morgan fingerprint density at radius 2 is 1.73 bits per heavy atom. The van der Waals surface area contributed by atoms with E-state index in [0.717, 1.165) is 45.6 Å². The Balaban J connectivity index is 1.44. The van der Waals surface area contributed by atoms with Gasteiger partial charge in [0.15, 0.2) is 0 Å². The highest BCUT2D eigenvalue weighted by molar-refractivity contribution is 5.95. The number of aryl methyl sites for hydroxylation is 2. The van der Waals surface area contributed by atoms with Crippen molar-refractivity contribution in [3.8, 4) is 33.6 Å². The van der Waals surface area contributed by atoms with E-state index in [4.69, 9.17) is 9.97 Å². The molecule has 2 atom stereocenters. The van der Waals surface area contributed by atoms with Crippen molar-refractivity contribution in [1.29, 1.82) is 0 Å². The maximum Gasteiger partial charge on any atom is 0.254 e. The SMILES string of the molecule is Cc1ccc(-c2ccccc2)c(-c2cc(=O)n([C@H]3CCC[C@@H](C)C(=O)Nc4cnn(C)c4-c4ccnc3c4)cn2)c1. The van der Waals surface area contributed by atoms with Crippen molar-refractivity contribution in [2.75, 3.05) is 5.32 Å². The van der Waals surface area contributed by atoms with Crippen LogP contribution in [0.2, 0.25) is 0 Å².